The van der Waals surface area contributed by atoms with Crippen molar-refractivity contribution in [2.75, 3.05) is 22.9 Å². The molecule has 1 N–H and O–H groups in total. The zero-order valence-corrected chi connectivity index (χ0v) is 20.4. The number of nitrogens with zero attached hydrogens (tertiary/aromatic N) is 1. The lowest BCUT2D eigenvalue weighted by Crippen LogP contribution is -2.29. The van der Waals surface area contributed by atoms with Crippen LogP contribution < -0.4 is 9.62 Å². The Kier molecular flexibility index (Phi) is 8.77. The molecule has 0 saturated carbocycles. The Hall–Kier alpha value is -2.55. The molecule has 3 rings (SSSR count). The zero-order chi connectivity index (χ0) is 23.8. The molecule has 0 saturated heterocycles. The number of benzene rings is 3. The summed E-state index contributed by atoms with van der Waals surface area (Å²) in [5, 5.41) is 3.58. The summed E-state index contributed by atoms with van der Waals surface area (Å²) in [5.41, 5.74) is 2.69. The van der Waals surface area contributed by atoms with Gasteiger partial charge in [-0.1, -0.05) is 35.9 Å². The van der Waals surface area contributed by atoms with E-state index >= 15 is 0 Å². The van der Waals surface area contributed by atoms with Gasteiger partial charge in [0.05, 0.1) is 18.5 Å². The first-order valence-electron chi connectivity index (χ1n) is 10.1. The van der Waals surface area contributed by atoms with Gasteiger partial charge in [-0.05, 0) is 59.7 Å². The van der Waals surface area contributed by atoms with Gasteiger partial charge in [0.15, 0.2) is 0 Å². The summed E-state index contributed by atoms with van der Waals surface area (Å²) in [5.74, 6) is 0.977. The number of hydrogen-bond donors (Lipinski definition) is 1. The van der Waals surface area contributed by atoms with E-state index in [9.17, 15) is 17.6 Å². The van der Waals surface area contributed by atoms with Crippen LogP contribution in [-0.2, 0) is 22.3 Å². The topological polar surface area (TPSA) is 66.5 Å². The number of carbonyl (C=O) groups is 1. The number of thioether (sulfide) groups is 1. The minimum absolute atomic E-state index is 0.0650. The van der Waals surface area contributed by atoms with Crippen LogP contribution in [0.15, 0.2) is 72.8 Å². The molecule has 0 fully saturated rings. The Balaban J connectivity index is 1.54. The first-order chi connectivity index (χ1) is 15.7. The number of nitrogens with one attached hydrogen (secondary N) is 1. The van der Waals surface area contributed by atoms with Gasteiger partial charge in [0.2, 0.25) is 10.0 Å². The Morgan fingerprint density at radius 2 is 1.58 bits per heavy atom. The fourth-order valence-electron chi connectivity index (χ4n) is 3.04. The lowest BCUT2D eigenvalue weighted by Gasteiger charge is -2.22. The lowest BCUT2D eigenvalue weighted by atomic mass is 10.1. The maximum Gasteiger partial charge on any atom is 0.251 e. The van der Waals surface area contributed by atoms with E-state index in [0.717, 1.165) is 17.8 Å². The van der Waals surface area contributed by atoms with Gasteiger partial charge >= 0.3 is 0 Å². The molecule has 0 aliphatic carbocycles. The van der Waals surface area contributed by atoms with E-state index in [4.69, 9.17) is 11.6 Å². The van der Waals surface area contributed by atoms with Crippen molar-refractivity contribution in [3.05, 3.63) is 100 Å². The fourth-order valence-corrected chi connectivity index (χ4v) is 4.88. The van der Waals surface area contributed by atoms with Crippen LogP contribution in [0.2, 0.25) is 5.02 Å². The van der Waals surface area contributed by atoms with E-state index in [0.29, 0.717) is 28.4 Å². The predicted octanol–water partition coefficient (Wildman–Crippen LogP) is 5.11. The van der Waals surface area contributed by atoms with Gasteiger partial charge < -0.3 is 5.32 Å². The lowest BCUT2D eigenvalue weighted by molar-refractivity contribution is 0.0956. The third kappa shape index (κ3) is 7.77. The number of rotatable bonds is 10. The van der Waals surface area contributed by atoms with E-state index < -0.39 is 10.0 Å². The summed E-state index contributed by atoms with van der Waals surface area (Å²) < 4.78 is 39.0. The highest BCUT2D eigenvalue weighted by molar-refractivity contribution is 7.98. The molecule has 1 amide bonds. The molecule has 0 heterocycles. The monoisotopic (exact) mass is 506 g/mol. The molecule has 5 nitrogen and oxygen atoms in total. The average Bonchev–Trinajstić information content (AvgIpc) is 2.79. The highest BCUT2D eigenvalue weighted by atomic mass is 35.5. The van der Waals surface area contributed by atoms with Gasteiger partial charge in [-0.2, -0.15) is 11.8 Å². The average molecular weight is 507 g/mol. The van der Waals surface area contributed by atoms with Gasteiger partial charge in [-0.3, -0.25) is 9.10 Å². The van der Waals surface area contributed by atoms with Crippen LogP contribution in [-0.4, -0.2) is 32.9 Å². The number of halogens is 2. The molecular formula is C24H24ClFN2O3S2. The molecule has 0 spiro atoms. The van der Waals surface area contributed by atoms with Gasteiger partial charge in [-0.25, -0.2) is 12.8 Å². The summed E-state index contributed by atoms with van der Waals surface area (Å²) in [4.78, 5) is 12.4. The van der Waals surface area contributed by atoms with Crippen LogP contribution in [0.25, 0.3) is 0 Å². The molecule has 33 heavy (non-hydrogen) atoms. The van der Waals surface area contributed by atoms with E-state index in [1.807, 2.05) is 24.3 Å². The molecule has 0 radical (unpaired) electrons. The quantitative estimate of drug-likeness (QED) is 0.388. The van der Waals surface area contributed by atoms with E-state index in [-0.39, 0.29) is 18.3 Å². The van der Waals surface area contributed by atoms with Crippen LogP contribution in [0.3, 0.4) is 0 Å². The maximum atomic E-state index is 13.1. The van der Waals surface area contributed by atoms with Gasteiger partial charge in [-0.15, -0.1) is 0 Å². The van der Waals surface area contributed by atoms with E-state index in [1.54, 1.807) is 48.2 Å². The summed E-state index contributed by atoms with van der Waals surface area (Å²) in [6.07, 6.45) is 1.11. The van der Waals surface area contributed by atoms with Crippen LogP contribution in [0.1, 0.15) is 21.5 Å². The SMILES string of the molecule is CS(=O)(=O)N(Cc1ccc(F)cc1)c1ccc(C(=O)NCCSCc2ccc(Cl)cc2)cc1. The third-order valence-corrected chi connectivity index (χ3v) is 7.19. The van der Waals surface area contributed by atoms with Crippen molar-refractivity contribution >= 4 is 45.0 Å². The molecule has 0 aliphatic heterocycles. The first kappa shape index (κ1) is 25.1. The molecule has 3 aromatic rings. The molecule has 0 unspecified atom stereocenters. The molecule has 3 aromatic carbocycles. The van der Waals surface area contributed by atoms with Crippen LogP contribution in [0.4, 0.5) is 10.1 Å². The van der Waals surface area contributed by atoms with E-state index in [1.165, 1.54) is 22.0 Å². The predicted molar refractivity (Wildman–Crippen MR) is 134 cm³/mol. The molecule has 0 bridgehead atoms. The molecule has 0 aliphatic rings. The highest BCUT2D eigenvalue weighted by Gasteiger charge is 2.18. The van der Waals surface area contributed by atoms with Crippen LogP contribution in [0.5, 0.6) is 0 Å². The Morgan fingerprint density at radius 1 is 0.970 bits per heavy atom. The van der Waals surface area contributed by atoms with Gasteiger partial charge in [0.25, 0.3) is 5.91 Å². The Bertz CT molecular complexity index is 1170. The van der Waals surface area contributed by atoms with E-state index in [2.05, 4.69) is 5.32 Å². The molecule has 0 aromatic heterocycles. The van der Waals surface area contributed by atoms with Crippen molar-refractivity contribution in [2.45, 2.75) is 12.3 Å². The number of hydrogen-bond acceptors (Lipinski definition) is 4. The molecule has 174 valence electrons. The van der Waals surface area contributed by atoms with Crippen molar-refractivity contribution in [3.8, 4) is 0 Å². The fraction of sp³-hybridized carbons (Fsp3) is 0.208. The van der Waals surface area contributed by atoms with Crippen molar-refractivity contribution in [3.63, 3.8) is 0 Å². The number of sulfonamides is 1. The van der Waals surface area contributed by atoms with Gasteiger partial charge in [0.1, 0.15) is 5.82 Å². The van der Waals surface area contributed by atoms with Gasteiger partial charge in [0, 0.05) is 28.6 Å². The van der Waals surface area contributed by atoms with Crippen LogP contribution >= 0.6 is 23.4 Å². The maximum absolute atomic E-state index is 13.1. The standard InChI is InChI=1S/C24H24ClFN2O3S2/c1-33(30,31)28(16-18-4-10-22(26)11-5-18)23-12-6-20(7-13-23)24(29)27-14-15-32-17-19-2-8-21(25)9-3-19/h2-13H,14-17H2,1H3,(H,27,29). The summed E-state index contributed by atoms with van der Waals surface area (Å²) in [7, 11) is -3.58. The number of anilines is 1. The summed E-state index contributed by atoms with van der Waals surface area (Å²) >= 11 is 7.59. The highest BCUT2D eigenvalue weighted by Crippen LogP contribution is 2.22. The minimum atomic E-state index is -3.58. The normalized spacial score (nSPS) is 11.2. The smallest absolute Gasteiger partial charge is 0.251 e. The number of carbonyl (C=O) groups excluding carboxylic acids is 1. The van der Waals surface area contributed by atoms with Crippen molar-refractivity contribution < 1.29 is 17.6 Å². The number of amides is 1. The van der Waals surface area contributed by atoms with Crippen molar-refractivity contribution in [1.82, 2.24) is 5.32 Å². The second-order valence-electron chi connectivity index (χ2n) is 7.38. The molecule has 9 heteroatoms. The Labute approximate surface area is 203 Å². The first-order valence-corrected chi connectivity index (χ1v) is 13.5. The molecular weight excluding hydrogens is 483 g/mol. The van der Waals surface area contributed by atoms with Crippen molar-refractivity contribution in [1.29, 1.82) is 0 Å². The largest absolute Gasteiger partial charge is 0.351 e. The zero-order valence-electron chi connectivity index (χ0n) is 18.0. The third-order valence-electron chi connectivity index (χ3n) is 4.77. The van der Waals surface area contributed by atoms with Crippen LogP contribution in [0, 0.1) is 5.82 Å². The summed E-state index contributed by atoms with van der Waals surface area (Å²) in [6.45, 7) is 0.578. The minimum Gasteiger partial charge on any atom is -0.351 e. The summed E-state index contributed by atoms with van der Waals surface area (Å²) in [6, 6.07) is 19.7. The Morgan fingerprint density at radius 3 is 2.18 bits per heavy atom. The molecule has 0 atom stereocenters. The second-order valence-corrected chi connectivity index (χ2v) is 10.8. The van der Waals surface area contributed by atoms with Crippen molar-refractivity contribution in [2.24, 2.45) is 0 Å². The second kappa shape index (κ2) is 11.5.